The molecule has 4 N–H and O–H groups in total. The molecule has 0 aliphatic carbocycles. The van der Waals surface area contributed by atoms with Crippen LogP contribution < -0.4 is 4.74 Å². The van der Waals surface area contributed by atoms with Crippen LogP contribution in [0.5, 0.6) is 5.75 Å². The van der Waals surface area contributed by atoms with Gasteiger partial charge in [0.1, 0.15) is 23.9 Å². The summed E-state index contributed by atoms with van der Waals surface area (Å²) >= 11 is 6.31. The number of ether oxygens (including phenoxy) is 3. The van der Waals surface area contributed by atoms with Gasteiger partial charge in [-0.2, -0.15) is 4.39 Å². The van der Waals surface area contributed by atoms with Gasteiger partial charge in [0.15, 0.2) is 11.6 Å². The molecule has 0 saturated carbocycles. The van der Waals surface area contributed by atoms with Crippen LogP contribution in [0.25, 0.3) is 0 Å². The number of fused-ring (bicyclic) bond motifs is 2. The summed E-state index contributed by atoms with van der Waals surface area (Å²) in [4.78, 5) is 0. The van der Waals surface area contributed by atoms with Crippen molar-refractivity contribution in [2.75, 3.05) is 13.2 Å². The predicted octanol–water partition coefficient (Wildman–Crippen LogP) is 2.02. The van der Waals surface area contributed by atoms with Crippen molar-refractivity contribution in [3.05, 3.63) is 63.7 Å². The number of benzene rings is 2. The molecule has 0 spiro atoms. The number of aliphatic hydroxyl groups excluding tert-OH is 4. The number of hydrogen-bond acceptors (Lipinski definition) is 7. The summed E-state index contributed by atoms with van der Waals surface area (Å²) in [5.74, 6) is -4.28. The Morgan fingerprint density at radius 1 is 1.12 bits per heavy atom. The molecule has 33 heavy (non-hydrogen) atoms. The molecule has 180 valence electrons. The highest BCUT2D eigenvalue weighted by Gasteiger charge is 2.68. The molecule has 2 aliphatic rings. The Morgan fingerprint density at radius 3 is 2.52 bits per heavy atom. The van der Waals surface area contributed by atoms with Gasteiger partial charge >= 0.3 is 0 Å². The minimum absolute atomic E-state index is 0.0266. The van der Waals surface area contributed by atoms with E-state index in [1.54, 1.807) is 6.92 Å². The van der Waals surface area contributed by atoms with Crippen molar-refractivity contribution in [3.63, 3.8) is 0 Å². The molecular formula is C23H25ClF2O7. The Kier molecular flexibility index (Phi) is 6.43. The standard InChI is InChI=1S/C23H25ClF2O7/c1-3-31-16-7-4-12(17(25)18(16)26)8-13-9-14(5-6-15(13)24)23-21(30)19(28)20(29)22(33-23,10-32-23)11(2)27/h4-7,9,11,19-21,27-30H,3,8,10H2,1-2H3/t11?,19-,20-,21+,22+,23-/m0/s1. The molecule has 4 rings (SSSR count). The monoisotopic (exact) mass is 486 g/mol. The molecule has 0 radical (unpaired) electrons. The molecule has 2 aliphatic heterocycles. The van der Waals surface area contributed by atoms with Crippen LogP contribution in [0.1, 0.15) is 30.5 Å². The van der Waals surface area contributed by atoms with E-state index in [4.69, 9.17) is 25.8 Å². The molecule has 2 bridgehead atoms. The number of rotatable bonds is 6. The maximum absolute atomic E-state index is 14.6. The summed E-state index contributed by atoms with van der Waals surface area (Å²) < 4.78 is 45.7. The van der Waals surface area contributed by atoms with E-state index in [-0.39, 0.29) is 41.5 Å². The second-order valence-corrected chi connectivity index (χ2v) is 8.74. The van der Waals surface area contributed by atoms with Crippen molar-refractivity contribution in [1.29, 1.82) is 0 Å². The molecule has 7 nitrogen and oxygen atoms in total. The zero-order chi connectivity index (χ0) is 24.1. The smallest absolute Gasteiger partial charge is 0.225 e. The fourth-order valence-corrected chi connectivity index (χ4v) is 4.60. The third-order valence-corrected chi connectivity index (χ3v) is 6.72. The van der Waals surface area contributed by atoms with Crippen molar-refractivity contribution in [3.8, 4) is 5.75 Å². The van der Waals surface area contributed by atoms with Crippen LogP contribution in [-0.2, 0) is 21.7 Å². The highest BCUT2D eigenvalue weighted by molar-refractivity contribution is 6.31. The molecule has 10 heteroatoms. The fraction of sp³-hybridized carbons (Fsp3) is 0.478. The summed E-state index contributed by atoms with van der Waals surface area (Å²) in [5, 5.41) is 42.1. The van der Waals surface area contributed by atoms with Crippen LogP contribution >= 0.6 is 11.6 Å². The lowest BCUT2D eigenvalue weighted by Crippen LogP contribution is -2.67. The molecular weight excluding hydrogens is 462 g/mol. The predicted molar refractivity (Wildman–Crippen MR) is 113 cm³/mol. The van der Waals surface area contributed by atoms with Crippen molar-refractivity contribution < 1.29 is 43.4 Å². The largest absolute Gasteiger partial charge is 0.491 e. The maximum atomic E-state index is 14.6. The van der Waals surface area contributed by atoms with Crippen LogP contribution in [0.15, 0.2) is 30.3 Å². The summed E-state index contributed by atoms with van der Waals surface area (Å²) in [6.07, 6.45) is -6.30. The van der Waals surface area contributed by atoms with E-state index in [9.17, 15) is 29.2 Å². The molecule has 0 amide bonds. The zero-order valence-electron chi connectivity index (χ0n) is 18.0. The molecule has 2 fully saturated rings. The minimum atomic E-state index is -1.91. The first-order valence-corrected chi connectivity index (χ1v) is 10.9. The van der Waals surface area contributed by atoms with Gasteiger partial charge in [0, 0.05) is 17.0 Å². The maximum Gasteiger partial charge on any atom is 0.225 e. The van der Waals surface area contributed by atoms with E-state index in [0.717, 1.165) is 0 Å². The molecule has 2 aromatic rings. The van der Waals surface area contributed by atoms with Gasteiger partial charge in [-0.25, -0.2) is 4.39 Å². The quantitative estimate of drug-likeness (QED) is 0.494. The van der Waals surface area contributed by atoms with E-state index in [1.165, 1.54) is 37.3 Å². The van der Waals surface area contributed by atoms with Gasteiger partial charge < -0.3 is 34.6 Å². The Morgan fingerprint density at radius 2 is 1.85 bits per heavy atom. The van der Waals surface area contributed by atoms with Gasteiger partial charge in [-0.1, -0.05) is 23.7 Å². The Labute approximate surface area is 194 Å². The van der Waals surface area contributed by atoms with E-state index in [0.29, 0.717) is 5.56 Å². The lowest BCUT2D eigenvalue weighted by Gasteiger charge is -2.47. The average Bonchev–Trinajstić information content (AvgIpc) is 3.18. The highest BCUT2D eigenvalue weighted by atomic mass is 35.5. The summed E-state index contributed by atoms with van der Waals surface area (Å²) in [6.45, 7) is 2.92. The number of aliphatic hydroxyl groups is 4. The van der Waals surface area contributed by atoms with E-state index >= 15 is 0 Å². The Hall–Kier alpha value is -1.85. The molecule has 1 unspecified atom stereocenters. The van der Waals surface area contributed by atoms with Crippen molar-refractivity contribution in [2.24, 2.45) is 0 Å². The molecule has 6 atom stereocenters. The van der Waals surface area contributed by atoms with Gasteiger partial charge in [-0.15, -0.1) is 0 Å². The molecule has 0 aromatic heterocycles. The van der Waals surface area contributed by atoms with E-state index < -0.39 is 47.4 Å². The second kappa shape index (κ2) is 8.74. The fourth-order valence-electron chi connectivity index (χ4n) is 4.41. The third-order valence-electron chi connectivity index (χ3n) is 6.35. The first kappa shape index (κ1) is 24.3. The molecule has 2 heterocycles. The van der Waals surface area contributed by atoms with E-state index in [1.807, 2.05) is 0 Å². The second-order valence-electron chi connectivity index (χ2n) is 8.34. The Balaban J connectivity index is 1.72. The first-order chi connectivity index (χ1) is 15.6. The Bertz CT molecular complexity index is 1050. The number of hydrogen-bond donors (Lipinski definition) is 4. The zero-order valence-corrected chi connectivity index (χ0v) is 18.7. The van der Waals surface area contributed by atoms with Gasteiger partial charge in [0.05, 0.1) is 19.3 Å². The van der Waals surface area contributed by atoms with Gasteiger partial charge in [0.2, 0.25) is 11.6 Å². The van der Waals surface area contributed by atoms with Crippen LogP contribution in [-0.4, -0.2) is 63.7 Å². The lowest BCUT2D eigenvalue weighted by atomic mass is 9.81. The third kappa shape index (κ3) is 3.72. The summed E-state index contributed by atoms with van der Waals surface area (Å²) in [7, 11) is 0. The first-order valence-electron chi connectivity index (χ1n) is 10.5. The number of halogens is 3. The van der Waals surface area contributed by atoms with Gasteiger partial charge in [0.25, 0.3) is 0 Å². The minimum Gasteiger partial charge on any atom is -0.491 e. The summed E-state index contributed by atoms with van der Waals surface area (Å²) in [5.41, 5.74) is -1.03. The van der Waals surface area contributed by atoms with Crippen LogP contribution in [0.4, 0.5) is 8.78 Å². The van der Waals surface area contributed by atoms with Gasteiger partial charge in [-0.05, 0) is 43.2 Å². The van der Waals surface area contributed by atoms with Crippen molar-refractivity contribution in [1.82, 2.24) is 0 Å². The average molecular weight is 487 g/mol. The SMILES string of the molecule is CCOc1ccc(Cc2cc([C@]34OC[C@](C(C)O)(O3)[C@@H](O)[C@H](O)[C@H]4O)ccc2Cl)c(F)c1F. The molecule has 2 aromatic carbocycles. The molecule has 2 saturated heterocycles. The van der Waals surface area contributed by atoms with E-state index in [2.05, 4.69) is 0 Å². The highest BCUT2D eigenvalue weighted by Crippen LogP contribution is 2.51. The van der Waals surface area contributed by atoms with Crippen molar-refractivity contribution >= 4 is 11.6 Å². The topological polar surface area (TPSA) is 109 Å². The van der Waals surface area contributed by atoms with Gasteiger partial charge in [-0.3, -0.25) is 0 Å². The van der Waals surface area contributed by atoms with Crippen LogP contribution in [0.2, 0.25) is 5.02 Å². The normalized spacial score (nSPS) is 32.1. The summed E-state index contributed by atoms with van der Waals surface area (Å²) in [6, 6.07) is 7.18. The lowest BCUT2D eigenvalue weighted by molar-refractivity contribution is -0.336. The van der Waals surface area contributed by atoms with Crippen molar-refractivity contribution in [2.45, 2.75) is 56.1 Å². The van der Waals surface area contributed by atoms with Crippen LogP contribution in [0, 0.1) is 11.6 Å². The van der Waals surface area contributed by atoms with Crippen LogP contribution in [0.3, 0.4) is 0 Å².